The average Bonchev–Trinajstić information content (AvgIpc) is 2.60. The van der Waals surface area contributed by atoms with Gasteiger partial charge in [-0.05, 0) is 0 Å². The second-order valence-corrected chi connectivity index (χ2v) is 3.73. The maximum absolute atomic E-state index is 11.8. The molecule has 0 spiro atoms. The van der Waals surface area contributed by atoms with E-state index in [1.807, 2.05) is 0 Å². The largest absolute Gasteiger partial charge is 0.369 e. The Morgan fingerprint density at radius 1 is 1.56 bits per heavy atom. The SMILES string of the molecule is CC(C)C(=O)n1cnc2c(=O)[nH]c(N)nc21. The highest BCUT2D eigenvalue weighted by molar-refractivity contribution is 5.89. The quantitative estimate of drug-likeness (QED) is 0.704. The van der Waals surface area contributed by atoms with Gasteiger partial charge in [-0.2, -0.15) is 4.98 Å². The van der Waals surface area contributed by atoms with E-state index >= 15 is 0 Å². The fraction of sp³-hybridized carbons (Fsp3) is 0.333. The molecule has 0 aliphatic heterocycles. The molecule has 0 aromatic carbocycles. The number of H-pyrrole nitrogens is 1. The molecular formula is C9H11N5O2. The van der Waals surface area contributed by atoms with Gasteiger partial charge in [0.1, 0.15) is 6.33 Å². The van der Waals surface area contributed by atoms with Crippen LogP contribution in [0.4, 0.5) is 5.95 Å². The Morgan fingerprint density at radius 3 is 2.88 bits per heavy atom. The summed E-state index contributed by atoms with van der Waals surface area (Å²) in [6, 6.07) is 0. The van der Waals surface area contributed by atoms with Crippen LogP contribution in [0.5, 0.6) is 0 Å². The fourth-order valence-corrected chi connectivity index (χ4v) is 1.37. The highest BCUT2D eigenvalue weighted by Gasteiger charge is 2.16. The summed E-state index contributed by atoms with van der Waals surface area (Å²) < 4.78 is 1.24. The van der Waals surface area contributed by atoms with Gasteiger partial charge in [0, 0.05) is 5.92 Å². The summed E-state index contributed by atoms with van der Waals surface area (Å²) >= 11 is 0. The number of carbonyl (C=O) groups excluding carboxylic acids is 1. The third kappa shape index (κ3) is 1.46. The van der Waals surface area contributed by atoms with Gasteiger partial charge in [-0.15, -0.1) is 0 Å². The van der Waals surface area contributed by atoms with Crippen molar-refractivity contribution in [3.63, 3.8) is 0 Å². The first-order valence-corrected chi connectivity index (χ1v) is 4.77. The summed E-state index contributed by atoms with van der Waals surface area (Å²) in [5, 5.41) is 0. The van der Waals surface area contributed by atoms with Crippen molar-refractivity contribution < 1.29 is 4.79 Å². The lowest BCUT2D eigenvalue weighted by Gasteiger charge is -2.04. The number of aromatic amines is 1. The van der Waals surface area contributed by atoms with Crippen LogP contribution >= 0.6 is 0 Å². The monoisotopic (exact) mass is 221 g/mol. The number of hydrogen-bond acceptors (Lipinski definition) is 5. The van der Waals surface area contributed by atoms with Crippen molar-refractivity contribution in [2.75, 3.05) is 5.73 Å². The number of aromatic nitrogens is 4. The van der Waals surface area contributed by atoms with E-state index in [1.165, 1.54) is 10.9 Å². The molecule has 0 atom stereocenters. The zero-order valence-electron chi connectivity index (χ0n) is 8.89. The fourth-order valence-electron chi connectivity index (χ4n) is 1.37. The number of nitrogen functional groups attached to an aromatic ring is 1. The number of hydrogen-bond donors (Lipinski definition) is 2. The number of nitrogens with two attached hydrogens (primary N) is 1. The molecule has 2 rings (SSSR count). The molecule has 0 radical (unpaired) electrons. The first-order valence-electron chi connectivity index (χ1n) is 4.77. The smallest absolute Gasteiger partial charge is 0.280 e. The summed E-state index contributed by atoms with van der Waals surface area (Å²) in [6.07, 6.45) is 1.29. The Balaban J connectivity index is 2.74. The second kappa shape index (κ2) is 3.44. The molecule has 7 nitrogen and oxygen atoms in total. The third-order valence-corrected chi connectivity index (χ3v) is 2.16. The molecule has 0 amide bonds. The van der Waals surface area contributed by atoms with E-state index in [4.69, 9.17) is 5.73 Å². The average molecular weight is 221 g/mol. The highest BCUT2D eigenvalue weighted by Crippen LogP contribution is 2.09. The standard InChI is InChI=1S/C9H11N5O2/c1-4(2)8(16)14-3-11-5-6(14)12-9(10)13-7(5)15/h3-4H,1-2H3,(H3,10,12,13,15). The van der Waals surface area contributed by atoms with Crippen molar-refractivity contribution in [1.82, 2.24) is 19.5 Å². The lowest BCUT2D eigenvalue weighted by atomic mass is 10.2. The molecule has 2 aromatic heterocycles. The van der Waals surface area contributed by atoms with E-state index in [2.05, 4.69) is 15.0 Å². The highest BCUT2D eigenvalue weighted by atomic mass is 16.2. The second-order valence-electron chi connectivity index (χ2n) is 3.73. The van der Waals surface area contributed by atoms with E-state index in [0.717, 1.165) is 0 Å². The maximum atomic E-state index is 11.8. The first kappa shape index (κ1) is 10.3. The molecule has 84 valence electrons. The molecule has 7 heteroatoms. The predicted molar refractivity (Wildman–Crippen MR) is 58.0 cm³/mol. The molecule has 2 aromatic rings. The van der Waals surface area contributed by atoms with Gasteiger partial charge in [-0.1, -0.05) is 13.8 Å². The van der Waals surface area contributed by atoms with Gasteiger partial charge < -0.3 is 5.73 Å². The normalized spacial score (nSPS) is 11.2. The van der Waals surface area contributed by atoms with Crippen LogP contribution in [0.3, 0.4) is 0 Å². The predicted octanol–water partition coefficient (Wildman–Crippen LogP) is -0.00200. The molecule has 16 heavy (non-hydrogen) atoms. The van der Waals surface area contributed by atoms with Crippen molar-refractivity contribution in [2.24, 2.45) is 5.92 Å². The molecular weight excluding hydrogens is 210 g/mol. The summed E-state index contributed by atoms with van der Waals surface area (Å²) in [4.78, 5) is 33.3. The van der Waals surface area contributed by atoms with Crippen molar-refractivity contribution in [2.45, 2.75) is 13.8 Å². The molecule has 0 saturated heterocycles. The van der Waals surface area contributed by atoms with E-state index in [-0.39, 0.29) is 28.9 Å². The lowest BCUT2D eigenvalue weighted by molar-refractivity contribution is 0.0859. The van der Waals surface area contributed by atoms with Gasteiger partial charge in [0.05, 0.1) is 0 Å². The van der Waals surface area contributed by atoms with Crippen LogP contribution in [0.2, 0.25) is 0 Å². The topological polar surface area (TPSA) is 107 Å². The van der Waals surface area contributed by atoms with Gasteiger partial charge in [0.25, 0.3) is 5.56 Å². The maximum Gasteiger partial charge on any atom is 0.280 e. The van der Waals surface area contributed by atoms with Crippen molar-refractivity contribution in [1.29, 1.82) is 0 Å². The van der Waals surface area contributed by atoms with Crippen molar-refractivity contribution in [3.05, 3.63) is 16.7 Å². The van der Waals surface area contributed by atoms with Gasteiger partial charge in [-0.25, -0.2) is 4.98 Å². The van der Waals surface area contributed by atoms with E-state index in [9.17, 15) is 9.59 Å². The minimum Gasteiger partial charge on any atom is -0.369 e. The van der Waals surface area contributed by atoms with E-state index in [0.29, 0.717) is 0 Å². The number of nitrogens with one attached hydrogen (secondary N) is 1. The molecule has 0 unspecified atom stereocenters. The van der Waals surface area contributed by atoms with Crippen molar-refractivity contribution in [3.8, 4) is 0 Å². The zero-order valence-corrected chi connectivity index (χ0v) is 8.89. The van der Waals surface area contributed by atoms with Crippen LogP contribution < -0.4 is 11.3 Å². The molecule has 2 heterocycles. The Labute approximate surface area is 90.3 Å². The molecule has 3 N–H and O–H groups in total. The van der Waals surface area contributed by atoms with Crippen molar-refractivity contribution >= 4 is 23.0 Å². The van der Waals surface area contributed by atoms with Crippen LogP contribution in [-0.4, -0.2) is 25.4 Å². The minimum atomic E-state index is -0.446. The molecule has 0 aliphatic carbocycles. The summed E-state index contributed by atoms with van der Waals surface area (Å²) in [5.41, 5.74) is 5.27. The number of rotatable bonds is 1. The van der Waals surface area contributed by atoms with Crippen LogP contribution in [0, 0.1) is 5.92 Å². The van der Waals surface area contributed by atoms with Gasteiger partial charge in [-0.3, -0.25) is 19.1 Å². The van der Waals surface area contributed by atoms with E-state index < -0.39 is 5.56 Å². The number of anilines is 1. The van der Waals surface area contributed by atoms with Crippen LogP contribution in [0.25, 0.3) is 11.2 Å². The van der Waals surface area contributed by atoms with Crippen LogP contribution in [0.1, 0.15) is 18.6 Å². The summed E-state index contributed by atoms with van der Waals surface area (Å²) in [5.74, 6) is -0.421. The van der Waals surface area contributed by atoms with E-state index in [1.54, 1.807) is 13.8 Å². The Kier molecular flexibility index (Phi) is 2.22. The number of imidazole rings is 1. The van der Waals surface area contributed by atoms with Crippen LogP contribution in [-0.2, 0) is 0 Å². The summed E-state index contributed by atoms with van der Waals surface area (Å²) in [7, 11) is 0. The minimum absolute atomic E-state index is 0.0317. The Bertz CT molecular complexity index is 610. The molecule has 0 bridgehead atoms. The Morgan fingerprint density at radius 2 is 2.25 bits per heavy atom. The number of nitrogens with zero attached hydrogens (tertiary/aromatic N) is 3. The number of carbonyl (C=O) groups is 1. The van der Waals surface area contributed by atoms with Crippen LogP contribution in [0.15, 0.2) is 11.1 Å². The zero-order chi connectivity index (χ0) is 11.9. The summed E-state index contributed by atoms with van der Waals surface area (Å²) in [6.45, 7) is 3.51. The third-order valence-electron chi connectivity index (χ3n) is 2.16. The first-order chi connectivity index (χ1) is 7.50. The van der Waals surface area contributed by atoms with Gasteiger partial charge in [0.15, 0.2) is 11.2 Å². The van der Waals surface area contributed by atoms with Gasteiger partial charge >= 0.3 is 0 Å². The van der Waals surface area contributed by atoms with Gasteiger partial charge in [0.2, 0.25) is 11.9 Å². The molecule has 0 aliphatic rings. The Hall–Kier alpha value is -2.18. The lowest BCUT2D eigenvalue weighted by Crippen LogP contribution is -2.18. The molecule has 0 fully saturated rings. The number of fused-ring (bicyclic) bond motifs is 1. The molecule has 0 saturated carbocycles.